The molecule has 0 saturated carbocycles. The van der Waals surface area contributed by atoms with Crippen LogP contribution in [0, 0.1) is 6.92 Å². The molecule has 0 aliphatic rings. The molecule has 1 aromatic heterocycles. The molecule has 1 aromatic rings. The molecule has 0 aliphatic heterocycles. The van der Waals surface area contributed by atoms with E-state index in [-0.39, 0.29) is 12.7 Å². The van der Waals surface area contributed by atoms with Crippen molar-refractivity contribution in [1.82, 2.24) is 4.98 Å². The molecule has 108 valence electrons. The van der Waals surface area contributed by atoms with E-state index in [0.29, 0.717) is 18.6 Å². The van der Waals surface area contributed by atoms with E-state index in [9.17, 15) is 4.79 Å². The highest BCUT2D eigenvalue weighted by molar-refractivity contribution is 5.87. The van der Waals surface area contributed by atoms with Crippen LogP contribution < -0.4 is 0 Å². The first-order valence-electron chi connectivity index (χ1n) is 6.58. The molecule has 0 aliphatic carbocycles. The van der Waals surface area contributed by atoms with Gasteiger partial charge in [-0.15, -0.1) is 6.58 Å². The van der Waals surface area contributed by atoms with Crippen molar-refractivity contribution in [2.24, 2.45) is 0 Å². The number of esters is 1. The molecule has 0 aromatic carbocycles. The van der Waals surface area contributed by atoms with E-state index in [1.54, 1.807) is 19.2 Å². The van der Waals surface area contributed by atoms with Crippen molar-refractivity contribution >= 4 is 5.97 Å². The SMILES string of the molecule is C=CC[C@H](OCC(=C)C(=O)OCC)c1ccnc(C)c1. The Kier molecular flexibility index (Phi) is 6.67. The first-order valence-corrected chi connectivity index (χ1v) is 6.58. The maximum atomic E-state index is 11.5. The molecule has 0 bridgehead atoms. The first kappa shape index (κ1) is 16.1. The summed E-state index contributed by atoms with van der Waals surface area (Å²) in [5.74, 6) is -0.421. The lowest BCUT2D eigenvalue weighted by molar-refractivity contribution is -0.139. The second kappa shape index (κ2) is 8.27. The van der Waals surface area contributed by atoms with Crippen molar-refractivity contribution < 1.29 is 14.3 Å². The number of pyridine rings is 1. The molecule has 0 unspecified atom stereocenters. The maximum absolute atomic E-state index is 11.5. The third-order valence-electron chi connectivity index (χ3n) is 2.70. The molecule has 0 spiro atoms. The van der Waals surface area contributed by atoms with Crippen LogP contribution in [0.1, 0.15) is 30.7 Å². The molecule has 0 amide bonds. The van der Waals surface area contributed by atoms with E-state index in [1.165, 1.54) is 0 Å². The highest BCUT2D eigenvalue weighted by atomic mass is 16.5. The zero-order valence-electron chi connectivity index (χ0n) is 12.1. The van der Waals surface area contributed by atoms with Crippen molar-refractivity contribution in [3.05, 3.63) is 54.4 Å². The normalized spacial score (nSPS) is 11.7. The Balaban J connectivity index is 2.66. The number of carbonyl (C=O) groups is 1. The van der Waals surface area contributed by atoms with Crippen LogP contribution in [0.4, 0.5) is 0 Å². The van der Waals surface area contributed by atoms with E-state index in [4.69, 9.17) is 9.47 Å². The van der Waals surface area contributed by atoms with Crippen LogP contribution in [0.25, 0.3) is 0 Å². The number of nitrogens with zero attached hydrogens (tertiary/aromatic N) is 1. The second-order valence-electron chi connectivity index (χ2n) is 4.38. The van der Waals surface area contributed by atoms with E-state index in [1.807, 2.05) is 19.1 Å². The molecule has 0 saturated heterocycles. The second-order valence-corrected chi connectivity index (χ2v) is 4.38. The van der Waals surface area contributed by atoms with Gasteiger partial charge in [-0.05, 0) is 38.0 Å². The fraction of sp³-hybridized carbons (Fsp3) is 0.375. The third-order valence-corrected chi connectivity index (χ3v) is 2.70. The first-order chi connectivity index (χ1) is 9.58. The Bertz CT molecular complexity index is 482. The van der Waals surface area contributed by atoms with Crippen LogP contribution >= 0.6 is 0 Å². The topological polar surface area (TPSA) is 48.4 Å². The number of ether oxygens (including phenoxy) is 2. The predicted molar refractivity (Wildman–Crippen MR) is 78.3 cm³/mol. The van der Waals surface area contributed by atoms with E-state index < -0.39 is 5.97 Å². The zero-order chi connectivity index (χ0) is 15.0. The number of aryl methyl sites for hydroxylation is 1. The molecule has 20 heavy (non-hydrogen) atoms. The van der Waals surface area contributed by atoms with Gasteiger partial charge in [-0.2, -0.15) is 0 Å². The molecule has 0 radical (unpaired) electrons. The molecule has 4 nitrogen and oxygen atoms in total. The Morgan fingerprint density at radius 1 is 1.55 bits per heavy atom. The van der Waals surface area contributed by atoms with E-state index in [2.05, 4.69) is 18.1 Å². The smallest absolute Gasteiger partial charge is 0.335 e. The number of hydrogen-bond acceptors (Lipinski definition) is 4. The lowest BCUT2D eigenvalue weighted by Crippen LogP contribution is -2.14. The van der Waals surface area contributed by atoms with Crippen molar-refractivity contribution in [3.63, 3.8) is 0 Å². The number of aromatic nitrogens is 1. The largest absolute Gasteiger partial charge is 0.463 e. The van der Waals surface area contributed by atoms with Crippen molar-refractivity contribution in [2.45, 2.75) is 26.4 Å². The molecule has 1 rings (SSSR count). The molecular formula is C16H21NO3. The quantitative estimate of drug-likeness (QED) is 0.415. The molecular weight excluding hydrogens is 254 g/mol. The predicted octanol–water partition coefficient (Wildman–Crippen LogP) is 3.14. The Morgan fingerprint density at radius 3 is 2.90 bits per heavy atom. The summed E-state index contributed by atoms with van der Waals surface area (Å²) in [6.45, 7) is 11.6. The lowest BCUT2D eigenvalue weighted by Gasteiger charge is -2.17. The maximum Gasteiger partial charge on any atom is 0.335 e. The van der Waals surface area contributed by atoms with Crippen LogP contribution in [-0.4, -0.2) is 24.2 Å². The van der Waals surface area contributed by atoms with Crippen molar-refractivity contribution in [1.29, 1.82) is 0 Å². The summed E-state index contributed by atoms with van der Waals surface area (Å²) in [7, 11) is 0. The van der Waals surface area contributed by atoms with Gasteiger partial charge in [0.25, 0.3) is 0 Å². The van der Waals surface area contributed by atoms with Crippen molar-refractivity contribution in [3.8, 4) is 0 Å². The van der Waals surface area contributed by atoms with Gasteiger partial charge in [0.1, 0.15) is 0 Å². The summed E-state index contributed by atoms with van der Waals surface area (Å²) in [6.07, 6.45) is 4.01. The van der Waals surface area contributed by atoms with Gasteiger partial charge in [-0.3, -0.25) is 4.98 Å². The zero-order valence-corrected chi connectivity index (χ0v) is 12.1. The summed E-state index contributed by atoms with van der Waals surface area (Å²) in [6, 6.07) is 3.86. The fourth-order valence-electron chi connectivity index (χ4n) is 1.71. The average molecular weight is 275 g/mol. The molecule has 0 fully saturated rings. The number of rotatable bonds is 8. The van der Waals surface area contributed by atoms with Gasteiger partial charge < -0.3 is 9.47 Å². The van der Waals surface area contributed by atoms with E-state index in [0.717, 1.165) is 11.3 Å². The van der Waals surface area contributed by atoms with Gasteiger partial charge in [0.2, 0.25) is 0 Å². The fourth-order valence-corrected chi connectivity index (χ4v) is 1.71. The van der Waals surface area contributed by atoms with Gasteiger partial charge in [-0.1, -0.05) is 12.7 Å². The summed E-state index contributed by atoms with van der Waals surface area (Å²) >= 11 is 0. The van der Waals surface area contributed by atoms with Gasteiger partial charge in [0.15, 0.2) is 0 Å². The van der Waals surface area contributed by atoms with Gasteiger partial charge in [-0.25, -0.2) is 4.79 Å². The highest BCUT2D eigenvalue weighted by Crippen LogP contribution is 2.22. The monoisotopic (exact) mass is 275 g/mol. The summed E-state index contributed by atoms with van der Waals surface area (Å²) in [5.41, 5.74) is 2.24. The lowest BCUT2D eigenvalue weighted by atomic mass is 10.1. The average Bonchev–Trinajstić information content (AvgIpc) is 2.43. The van der Waals surface area contributed by atoms with Crippen LogP contribution in [0.5, 0.6) is 0 Å². The van der Waals surface area contributed by atoms with E-state index >= 15 is 0 Å². The van der Waals surface area contributed by atoms with Gasteiger partial charge >= 0.3 is 5.97 Å². The summed E-state index contributed by atoms with van der Waals surface area (Å²) in [5, 5.41) is 0. The number of hydrogen-bond donors (Lipinski definition) is 0. The van der Waals surface area contributed by atoms with Crippen LogP contribution in [0.2, 0.25) is 0 Å². The Hall–Kier alpha value is -1.94. The van der Waals surface area contributed by atoms with Gasteiger partial charge in [0, 0.05) is 11.9 Å². The van der Waals surface area contributed by atoms with Gasteiger partial charge in [0.05, 0.1) is 24.9 Å². The van der Waals surface area contributed by atoms with Crippen LogP contribution in [-0.2, 0) is 14.3 Å². The minimum atomic E-state index is -0.421. The summed E-state index contributed by atoms with van der Waals surface area (Å²) in [4.78, 5) is 15.6. The molecule has 1 atom stereocenters. The number of carbonyl (C=O) groups excluding carboxylic acids is 1. The van der Waals surface area contributed by atoms with Crippen LogP contribution in [0.3, 0.4) is 0 Å². The minimum absolute atomic E-state index is 0.138. The minimum Gasteiger partial charge on any atom is -0.463 e. The highest BCUT2D eigenvalue weighted by Gasteiger charge is 2.14. The van der Waals surface area contributed by atoms with Crippen molar-refractivity contribution in [2.75, 3.05) is 13.2 Å². The Morgan fingerprint density at radius 2 is 2.30 bits per heavy atom. The molecule has 0 N–H and O–H groups in total. The Labute approximate surface area is 120 Å². The molecule has 4 heteroatoms. The third kappa shape index (κ3) is 4.97. The summed E-state index contributed by atoms with van der Waals surface area (Å²) < 4.78 is 10.6. The standard InChI is InChI=1S/C16H21NO3/c1-5-7-15(14-8-9-17-13(4)10-14)20-11-12(3)16(18)19-6-2/h5,8-10,15H,1,3,6-7,11H2,2,4H3/t15-/m0/s1. The molecule has 1 heterocycles. The van der Waals surface area contributed by atoms with Crippen LogP contribution in [0.15, 0.2) is 43.1 Å².